The normalized spacial score (nSPS) is 17.6. The molecule has 1 fully saturated rings. The molecule has 3 aromatic rings. The zero-order chi connectivity index (χ0) is 27.9. The van der Waals surface area contributed by atoms with Crippen LogP contribution >= 0.6 is 58.0 Å². The maximum Gasteiger partial charge on any atom is 0.343 e. The Balaban J connectivity index is 1.54. The van der Waals surface area contributed by atoms with E-state index in [-0.39, 0.29) is 21.8 Å². The molecule has 198 valence electrons. The molecule has 2 atom stereocenters. The fraction of sp³-hybridized carbons (Fsp3) is 0.192. The van der Waals surface area contributed by atoms with Crippen molar-refractivity contribution in [3.63, 3.8) is 0 Å². The van der Waals surface area contributed by atoms with E-state index in [1.165, 1.54) is 24.3 Å². The average molecular weight is 622 g/mol. The van der Waals surface area contributed by atoms with Crippen LogP contribution in [0.1, 0.15) is 37.8 Å². The molecule has 0 bridgehead atoms. The number of carbonyl (C=O) groups is 3. The first kappa shape index (κ1) is 28.6. The summed E-state index contributed by atoms with van der Waals surface area (Å²) in [4.78, 5) is 37.7. The standard InChI is InChI=1S/C26H16Cl5F2NO4/c1-38-25(37)20-18(32)5-2-11(23(20)33)8-19(35)16-10-15(3-4-17(16)29)34-24(36)22-21(26(22,30)31)12-6-13(27)9-14(28)7-12/h2-7,9-10,21-22H,8H2,1H3,(H,34,36). The number of alkyl halides is 2. The number of benzene rings is 3. The van der Waals surface area contributed by atoms with E-state index in [1.807, 2.05) is 0 Å². The van der Waals surface area contributed by atoms with Crippen LogP contribution < -0.4 is 5.32 Å². The van der Waals surface area contributed by atoms with Crippen molar-refractivity contribution in [1.29, 1.82) is 0 Å². The highest BCUT2D eigenvalue weighted by Gasteiger charge is 2.67. The summed E-state index contributed by atoms with van der Waals surface area (Å²) >= 11 is 31.1. The van der Waals surface area contributed by atoms with E-state index in [0.29, 0.717) is 15.6 Å². The van der Waals surface area contributed by atoms with Gasteiger partial charge < -0.3 is 10.1 Å². The molecular formula is C26H16Cl5F2NO4. The van der Waals surface area contributed by atoms with Crippen LogP contribution in [0.15, 0.2) is 48.5 Å². The third-order valence-electron chi connectivity index (χ3n) is 6.03. The number of esters is 1. The van der Waals surface area contributed by atoms with E-state index in [9.17, 15) is 23.2 Å². The maximum atomic E-state index is 14.8. The molecule has 0 aromatic heterocycles. The summed E-state index contributed by atoms with van der Waals surface area (Å²) in [6.45, 7) is 0. The number of anilines is 1. The summed E-state index contributed by atoms with van der Waals surface area (Å²) in [7, 11) is 0.977. The molecule has 38 heavy (non-hydrogen) atoms. The minimum atomic E-state index is -1.42. The lowest BCUT2D eigenvalue weighted by molar-refractivity contribution is -0.117. The molecule has 4 rings (SSSR count). The Hall–Kier alpha value is -2.42. The number of methoxy groups -OCH3 is 1. The van der Waals surface area contributed by atoms with Crippen molar-refractivity contribution in [3.05, 3.63) is 97.5 Å². The van der Waals surface area contributed by atoms with E-state index in [2.05, 4.69) is 10.1 Å². The second kappa shape index (κ2) is 11.0. The van der Waals surface area contributed by atoms with Crippen LogP contribution in [0.3, 0.4) is 0 Å². The Bertz CT molecular complexity index is 1460. The molecule has 0 saturated heterocycles. The average Bonchev–Trinajstić information content (AvgIpc) is 3.43. The topological polar surface area (TPSA) is 72.5 Å². The van der Waals surface area contributed by atoms with Crippen molar-refractivity contribution in [2.75, 3.05) is 12.4 Å². The van der Waals surface area contributed by atoms with Gasteiger partial charge in [0.25, 0.3) is 0 Å². The van der Waals surface area contributed by atoms with Crippen molar-refractivity contribution in [2.24, 2.45) is 5.92 Å². The Morgan fingerprint density at radius 3 is 2.26 bits per heavy atom. The number of nitrogens with one attached hydrogen (secondary N) is 1. The number of rotatable bonds is 7. The first-order valence-corrected chi connectivity index (χ1v) is 12.8. The molecule has 5 nitrogen and oxygen atoms in total. The molecule has 2 unspecified atom stereocenters. The van der Waals surface area contributed by atoms with Crippen LogP contribution in [0.4, 0.5) is 14.5 Å². The Labute approximate surface area is 240 Å². The zero-order valence-corrected chi connectivity index (χ0v) is 23.0. The molecule has 12 heteroatoms. The molecule has 1 aliphatic carbocycles. The van der Waals surface area contributed by atoms with Gasteiger partial charge in [-0.2, -0.15) is 0 Å². The first-order valence-electron chi connectivity index (χ1n) is 10.9. The van der Waals surface area contributed by atoms with Crippen molar-refractivity contribution in [3.8, 4) is 0 Å². The number of hydrogen-bond acceptors (Lipinski definition) is 4. The summed E-state index contributed by atoms with van der Waals surface area (Å²) < 4.78 is 31.7. The van der Waals surface area contributed by atoms with E-state index < -0.39 is 57.4 Å². The minimum Gasteiger partial charge on any atom is -0.465 e. The molecule has 1 aliphatic rings. The second-order valence-corrected chi connectivity index (χ2v) is 11.2. The summed E-state index contributed by atoms with van der Waals surface area (Å²) in [5, 5.41) is 3.41. The zero-order valence-electron chi connectivity index (χ0n) is 19.3. The van der Waals surface area contributed by atoms with Crippen LogP contribution in [-0.2, 0) is 16.0 Å². The molecule has 0 spiro atoms. The molecule has 0 radical (unpaired) electrons. The van der Waals surface area contributed by atoms with Gasteiger partial charge in [0.1, 0.15) is 21.5 Å². The van der Waals surface area contributed by atoms with Gasteiger partial charge in [-0.3, -0.25) is 9.59 Å². The number of amides is 1. The monoisotopic (exact) mass is 619 g/mol. The van der Waals surface area contributed by atoms with Gasteiger partial charge in [-0.1, -0.05) is 40.9 Å². The van der Waals surface area contributed by atoms with Crippen molar-refractivity contribution in [2.45, 2.75) is 16.7 Å². The van der Waals surface area contributed by atoms with Gasteiger partial charge >= 0.3 is 5.97 Å². The number of halogens is 7. The lowest BCUT2D eigenvalue weighted by Gasteiger charge is -2.11. The smallest absolute Gasteiger partial charge is 0.343 e. The lowest BCUT2D eigenvalue weighted by atomic mass is 9.99. The van der Waals surface area contributed by atoms with E-state index in [1.54, 1.807) is 12.1 Å². The van der Waals surface area contributed by atoms with Gasteiger partial charge in [-0.05, 0) is 53.6 Å². The Morgan fingerprint density at radius 1 is 0.974 bits per heavy atom. The van der Waals surface area contributed by atoms with E-state index in [0.717, 1.165) is 19.2 Å². The van der Waals surface area contributed by atoms with Gasteiger partial charge in [-0.25, -0.2) is 13.6 Å². The van der Waals surface area contributed by atoms with Crippen LogP contribution in [0.2, 0.25) is 15.1 Å². The summed E-state index contributed by atoms with van der Waals surface area (Å²) in [5.41, 5.74) is -0.388. The number of hydrogen-bond donors (Lipinski definition) is 1. The largest absolute Gasteiger partial charge is 0.465 e. The van der Waals surface area contributed by atoms with Crippen molar-refractivity contribution in [1.82, 2.24) is 0 Å². The fourth-order valence-electron chi connectivity index (χ4n) is 4.15. The third kappa shape index (κ3) is 5.63. The van der Waals surface area contributed by atoms with E-state index >= 15 is 0 Å². The summed E-state index contributed by atoms with van der Waals surface area (Å²) in [6.07, 6.45) is -0.542. The lowest BCUT2D eigenvalue weighted by Crippen LogP contribution is -2.17. The minimum absolute atomic E-state index is 0.0330. The number of Topliss-reactive ketones (excluding diaryl/α,β-unsaturated/α-hetero) is 1. The van der Waals surface area contributed by atoms with Crippen LogP contribution in [0.25, 0.3) is 0 Å². The van der Waals surface area contributed by atoms with Gasteiger partial charge in [0, 0.05) is 33.6 Å². The third-order valence-corrected chi connectivity index (χ3v) is 7.73. The number of ketones is 1. The summed E-state index contributed by atoms with van der Waals surface area (Å²) in [5.74, 6) is -6.15. The molecular weight excluding hydrogens is 606 g/mol. The quantitative estimate of drug-likeness (QED) is 0.167. The molecule has 0 heterocycles. The SMILES string of the molecule is COC(=O)c1c(F)ccc(CC(=O)c2cc(NC(=O)C3C(c4cc(Cl)cc(Cl)c4)C3(Cl)Cl)ccc2Cl)c1F. The van der Waals surface area contributed by atoms with Crippen molar-refractivity contribution < 1.29 is 27.9 Å². The van der Waals surface area contributed by atoms with Gasteiger partial charge in [-0.15, -0.1) is 23.2 Å². The highest BCUT2D eigenvalue weighted by atomic mass is 35.5. The molecule has 1 amide bonds. The molecule has 1 saturated carbocycles. The highest BCUT2D eigenvalue weighted by molar-refractivity contribution is 6.53. The molecule has 3 aromatic carbocycles. The number of carbonyl (C=O) groups excluding carboxylic acids is 3. The van der Waals surface area contributed by atoms with Crippen LogP contribution in [-0.4, -0.2) is 29.1 Å². The maximum absolute atomic E-state index is 14.8. The Kier molecular flexibility index (Phi) is 8.26. The van der Waals surface area contributed by atoms with Gasteiger partial charge in [0.15, 0.2) is 5.78 Å². The summed E-state index contributed by atoms with van der Waals surface area (Å²) in [6, 6.07) is 10.8. The Morgan fingerprint density at radius 2 is 1.63 bits per heavy atom. The van der Waals surface area contributed by atoms with Gasteiger partial charge in [0.2, 0.25) is 5.91 Å². The van der Waals surface area contributed by atoms with Crippen molar-refractivity contribution >= 4 is 81.4 Å². The first-order chi connectivity index (χ1) is 17.8. The predicted molar refractivity (Wildman–Crippen MR) is 143 cm³/mol. The molecule has 1 N–H and O–H groups in total. The van der Waals surface area contributed by atoms with Gasteiger partial charge in [0.05, 0.1) is 18.1 Å². The fourth-order valence-corrected chi connectivity index (χ4v) is 5.74. The van der Waals surface area contributed by atoms with E-state index in [4.69, 9.17) is 58.0 Å². The predicted octanol–water partition coefficient (Wildman–Crippen LogP) is 7.66. The number of ether oxygens (including phenoxy) is 1. The van der Waals surface area contributed by atoms with Crippen LogP contribution in [0.5, 0.6) is 0 Å². The second-order valence-electron chi connectivity index (χ2n) is 8.50. The highest BCUT2D eigenvalue weighted by Crippen LogP contribution is 2.65. The molecule has 0 aliphatic heterocycles. The van der Waals surface area contributed by atoms with Crippen LogP contribution in [0, 0.1) is 17.6 Å².